The number of carbonyl (C=O) groups is 1. The number of aromatic nitrogens is 5. The summed E-state index contributed by atoms with van der Waals surface area (Å²) in [7, 11) is 0. The van der Waals surface area contributed by atoms with Crippen molar-refractivity contribution in [2.75, 3.05) is 0 Å². The molecule has 10 heteroatoms. The van der Waals surface area contributed by atoms with Gasteiger partial charge < -0.3 is 5.32 Å². The zero-order chi connectivity index (χ0) is 14.8. The second kappa shape index (κ2) is 5.23. The van der Waals surface area contributed by atoms with E-state index in [0.717, 1.165) is 18.3 Å². The molecule has 0 saturated heterocycles. The Kier molecular flexibility index (Phi) is 3.63. The number of halogens is 3. The van der Waals surface area contributed by atoms with Crippen molar-refractivity contribution >= 4 is 5.91 Å². The molecule has 0 saturated carbocycles. The number of hydrogen-bond donors (Lipinski definition) is 2. The number of tetrazole rings is 1. The molecule has 0 aliphatic carbocycles. The highest BCUT2D eigenvalue weighted by atomic mass is 19.4. The monoisotopic (exact) mass is 286 g/mol. The van der Waals surface area contributed by atoms with Crippen molar-refractivity contribution in [2.45, 2.75) is 19.1 Å². The number of H-pyrrole nitrogens is 1. The van der Waals surface area contributed by atoms with Crippen LogP contribution in [-0.2, 0) is 6.18 Å². The molecule has 2 rings (SSSR count). The van der Waals surface area contributed by atoms with Crippen LogP contribution in [0.5, 0.6) is 0 Å². The standard InChI is InChI=1S/C10H9F3N6O/c1-5(8-16-18-19-17-8)15-9(20)6-2-3-7(14-4-6)10(11,12)13/h2-5H,1H3,(H,15,20)(H,16,17,18,19). The molecule has 1 unspecified atom stereocenters. The fourth-order valence-corrected chi connectivity index (χ4v) is 1.39. The molecule has 0 radical (unpaired) electrons. The van der Waals surface area contributed by atoms with Crippen LogP contribution in [0.25, 0.3) is 0 Å². The SMILES string of the molecule is CC(NC(=O)c1ccc(C(F)(F)F)nc1)c1nn[nH]n1. The lowest BCUT2D eigenvalue weighted by molar-refractivity contribution is -0.141. The highest BCUT2D eigenvalue weighted by molar-refractivity contribution is 5.94. The summed E-state index contributed by atoms with van der Waals surface area (Å²) in [5.41, 5.74) is -1.05. The van der Waals surface area contributed by atoms with Gasteiger partial charge >= 0.3 is 6.18 Å². The largest absolute Gasteiger partial charge is 0.433 e. The molecule has 0 spiro atoms. The smallest absolute Gasteiger partial charge is 0.342 e. The summed E-state index contributed by atoms with van der Waals surface area (Å²) in [5.74, 6) is -0.318. The number of amides is 1. The van der Waals surface area contributed by atoms with Gasteiger partial charge in [0, 0.05) is 6.20 Å². The minimum Gasteiger partial charge on any atom is -0.342 e. The third-order valence-electron chi connectivity index (χ3n) is 2.41. The predicted octanol–water partition coefficient (Wildman–Crippen LogP) is 1.10. The van der Waals surface area contributed by atoms with Gasteiger partial charge in [0.15, 0.2) is 5.82 Å². The zero-order valence-electron chi connectivity index (χ0n) is 10.1. The fourth-order valence-electron chi connectivity index (χ4n) is 1.39. The average Bonchev–Trinajstić information content (AvgIpc) is 2.91. The van der Waals surface area contributed by atoms with Crippen molar-refractivity contribution in [3.8, 4) is 0 Å². The van der Waals surface area contributed by atoms with E-state index in [1.54, 1.807) is 6.92 Å². The van der Waals surface area contributed by atoms with Gasteiger partial charge in [-0.15, -0.1) is 10.2 Å². The molecule has 7 nitrogen and oxygen atoms in total. The zero-order valence-corrected chi connectivity index (χ0v) is 10.1. The van der Waals surface area contributed by atoms with E-state index in [1.807, 2.05) is 0 Å². The number of aromatic amines is 1. The third kappa shape index (κ3) is 3.08. The number of hydrogen-bond acceptors (Lipinski definition) is 5. The molecular weight excluding hydrogens is 277 g/mol. The van der Waals surface area contributed by atoms with Crippen molar-refractivity contribution < 1.29 is 18.0 Å². The number of carbonyl (C=O) groups excluding carboxylic acids is 1. The van der Waals surface area contributed by atoms with E-state index >= 15 is 0 Å². The van der Waals surface area contributed by atoms with Gasteiger partial charge in [-0.1, -0.05) is 5.21 Å². The molecular formula is C10H9F3N6O. The third-order valence-corrected chi connectivity index (χ3v) is 2.41. The number of pyridine rings is 1. The van der Waals surface area contributed by atoms with Crippen LogP contribution in [0, 0.1) is 0 Å². The van der Waals surface area contributed by atoms with E-state index in [9.17, 15) is 18.0 Å². The maximum atomic E-state index is 12.3. The lowest BCUT2D eigenvalue weighted by Gasteiger charge is -2.10. The molecule has 2 heterocycles. The summed E-state index contributed by atoms with van der Waals surface area (Å²) in [6, 6.07) is 1.26. The molecule has 1 amide bonds. The molecule has 1 atom stereocenters. The number of alkyl halides is 3. The van der Waals surface area contributed by atoms with Crippen LogP contribution < -0.4 is 5.32 Å². The van der Waals surface area contributed by atoms with E-state index in [4.69, 9.17) is 0 Å². The molecule has 2 aromatic heterocycles. The Morgan fingerprint density at radius 1 is 1.40 bits per heavy atom. The van der Waals surface area contributed by atoms with Crippen LogP contribution in [0.2, 0.25) is 0 Å². The van der Waals surface area contributed by atoms with Crippen LogP contribution in [0.15, 0.2) is 18.3 Å². The lowest BCUT2D eigenvalue weighted by Crippen LogP contribution is -2.27. The Labute approximate surface area is 110 Å². The maximum absolute atomic E-state index is 12.3. The number of rotatable bonds is 3. The predicted molar refractivity (Wildman–Crippen MR) is 59.3 cm³/mol. The molecule has 106 valence electrons. The molecule has 0 aliphatic rings. The minimum absolute atomic E-state index is 0.00773. The van der Waals surface area contributed by atoms with Crippen LogP contribution >= 0.6 is 0 Å². The first-order valence-corrected chi connectivity index (χ1v) is 5.45. The van der Waals surface area contributed by atoms with Crippen molar-refractivity contribution in [1.82, 2.24) is 30.9 Å². The summed E-state index contributed by atoms with van der Waals surface area (Å²) in [6.07, 6.45) is -3.67. The summed E-state index contributed by atoms with van der Waals surface area (Å²) >= 11 is 0. The quantitative estimate of drug-likeness (QED) is 0.880. The Morgan fingerprint density at radius 3 is 2.65 bits per heavy atom. The molecule has 2 aromatic rings. The summed E-state index contributed by atoms with van der Waals surface area (Å²) in [5, 5.41) is 15.4. The van der Waals surface area contributed by atoms with Crippen LogP contribution in [0.3, 0.4) is 0 Å². The highest BCUT2D eigenvalue weighted by Crippen LogP contribution is 2.27. The van der Waals surface area contributed by atoms with Gasteiger partial charge in [0.2, 0.25) is 0 Å². The van der Waals surface area contributed by atoms with Crippen LogP contribution in [-0.4, -0.2) is 31.5 Å². The van der Waals surface area contributed by atoms with E-state index in [1.165, 1.54) is 0 Å². The molecule has 0 fully saturated rings. The van der Waals surface area contributed by atoms with Crippen LogP contribution in [0.1, 0.15) is 34.8 Å². The minimum atomic E-state index is -4.53. The fraction of sp³-hybridized carbons (Fsp3) is 0.300. The van der Waals surface area contributed by atoms with Gasteiger partial charge in [0.25, 0.3) is 5.91 Å². The van der Waals surface area contributed by atoms with Crippen molar-refractivity contribution in [3.63, 3.8) is 0 Å². The van der Waals surface area contributed by atoms with E-state index in [2.05, 4.69) is 30.9 Å². The van der Waals surface area contributed by atoms with Crippen molar-refractivity contribution in [1.29, 1.82) is 0 Å². The average molecular weight is 286 g/mol. The first-order valence-electron chi connectivity index (χ1n) is 5.45. The molecule has 0 aliphatic heterocycles. The number of nitrogens with zero attached hydrogens (tertiary/aromatic N) is 4. The lowest BCUT2D eigenvalue weighted by atomic mass is 10.2. The van der Waals surface area contributed by atoms with Gasteiger partial charge in [0.1, 0.15) is 5.69 Å². The molecule has 0 bridgehead atoms. The van der Waals surface area contributed by atoms with Crippen molar-refractivity contribution in [3.05, 3.63) is 35.4 Å². The number of nitrogens with one attached hydrogen (secondary N) is 2. The maximum Gasteiger partial charge on any atom is 0.433 e. The molecule has 20 heavy (non-hydrogen) atoms. The molecule has 0 aromatic carbocycles. The van der Waals surface area contributed by atoms with E-state index in [-0.39, 0.29) is 11.4 Å². The van der Waals surface area contributed by atoms with Crippen molar-refractivity contribution in [2.24, 2.45) is 0 Å². The Morgan fingerprint density at radius 2 is 2.15 bits per heavy atom. The second-order valence-electron chi connectivity index (χ2n) is 3.90. The van der Waals surface area contributed by atoms with Gasteiger partial charge in [-0.25, -0.2) is 0 Å². The second-order valence-corrected chi connectivity index (χ2v) is 3.90. The summed E-state index contributed by atoms with van der Waals surface area (Å²) in [4.78, 5) is 15.0. The van der Waals surface area contributed by atoms with E-state index < -0.39 is 23.8 Å². The first-order chi connectivity index (χ1) is 9.38. The van der Waals surface area contributed by atoms with Crippen LogP contribution in [0.4, 0.5) is 13.2 Å². The molecule has 2 N–H and O–H groups in total. The Bertz CT molecular complexity index is 580. The normalized spacial score (nSPS) is 13.0. The highest BCUT2D eigenvalue weighted by Gasteiger charge is 2.32. The van der Waals surface area contributed by atoms with Gasteiger partial charge in [-0.2, -0.15) is 18.4 Å². The van der Waals surface area contributed by atoms with Gasteiger partial charge in [-0.05, 0) is 19.1 Å². The van der Waals surface area contributed by atoms with Gasteiger partial charge in [0.05, 0.1) is 11.6 Å². The van der Waals surface area contributed by atoms with Gasteiger partial charge in [-0.3, -0.25) is 9.78 Å². The summed E-state index contributed by atoms with van der Waals surface area (Å²) in [6.45, 7) is 1.61. The van der Waals surface area contributed by atoms with E-state index in [0.29, 0.717) is 0 Å². The topological polar surface area (TPSA) is 96.5 Å². The summed E-state index contributed by atoms with van der Waals surface area (Å²) < 4.78 is 37.0. The first kappa shape index (κ1) is 13.9. The Hall–Kier alpha value is -2.52. The Balaban J connectivity index is 2.06.